The van der Waals surface area contributed by atoms with Crippen LogP contribution in [0.15, 0.2) is 36.5 Å². The topological polar surface area (TPSA) is 307 Å². The van der Waals surface area contributed by atoms with Crippen LogP contribution in [0, 0.1) is 0 Å². The van der Waals surface area contributed by atoms with E-state index in [-0.39, 0.29) is 18.9 Å². The van der Waals surface area contributed by atoms with Crippen molar-refractivity contribution in [3.63, 3.8) is 0 Å². The maximum Gasteiger partial charge on any atom is 0.220 e. The quantitative estimate of drug-likeness (QED) is 0.0199. The van der Waals surface area contributed by atoms with Crippen molar-refractivity contribution in [2.45, 2.75) is 426 Å². The van der Waals surface area contributed by atoms with Crippen molar-refractivity contribution in [2.24, 2.45) is 0 Å². The molecule has 3 aliphatic rings. The fraction of sp³-hybridized carbons (Fsp3) is 0.910. The van der Waals surface area contributed by atoms with Gasteiger partial charge in [0.1, 0.15) is 73.2 Å². The molecule has 0 aromatic rings. The van der Waals surface area contributed by atoms with E-state index in [9.17, 15) is 61.0 Å². The van der Waals surface area contributed by atoms with Crippen molar-refractivity contribution in [3.8, 4) is 0 Å². The molecule has 0 radical (unpaired) electrons. The van der Waals surface area contributed by atoms with Crippen LogP contribution in [-0.4, -0.2) is 193 Å². The SMILES string of the molecule is CCCCCCC/C=C\C/C=C\C/C=C\CCCCCCCCCCCCCCCCCCCCCCCCCCCCC(=O)NC(COC1OC(CO)C(OC2OC(CO)C(OC3OC(CO)C(O)C(O)C3O)C(O)C2O)C(O)C1O)C(O)CCCCCCCCCCCCC. The molecule has 0 bridgehead atoms. The Balaban J connectivity index is 1.25. The minimum Gasteiger partial charge on any atom is -0.394 e. The first-order chi connectivity index (χ1) is 47.3. The van der Waals surface area contributed by atoms with Crippen molar-refractivity contribution in [2.75, 3.05) is 26.4 Å². The maximum absolute atomic E-state index is 13.4. The number of allylic oxidation sites excluding steroid dienone is 6. The van der Waals surface area contributed by atoms with Crippen LogP contribution >= 0.6 is 0 Å². The van der Waals surface area contributed by atoms with E-state index >= 15 is 0 Å². The van der Waals surface area contributed by atoms with Crippen molar-refractivity contribution in [3.05, 3.63) is 36.5 Å². The summed E-state index contributed by atoms with van der Waals surface area (Å²) >= 11 is 0. The molecule has 17 unspecified atom stereocenters. The number of rotatable bonds is 63. The molecule has 0 aliphatic carbocycles. The van der Waals surface area contributed by atoms with Gasteiger partial charge in [-0.15, -0.1) is 0 Å². The maximum atomic E-state index is 13.4. The van der Waals surface area contributed by atoms with Crippen LogP contribution in [0.5, 0.6) is 0 Å². The van der Waals surface area contributed by atoms with Crippen molar-refractivity contribution >= 4 is 5.91 Å². The first kappa shape index (κ1) is 89.2. The van der Waals surface area contributed by atoms with E-state index in [1.807, 2.05) is 0 Å². The van der Waals surface area contributed by atoms with E-state index < -0.39 is 124 Å². The minimum atomic E-state index is -1.97. The molecule has 0 aromatic carbocycles. The van der Waals surface area contributed by atoms with Gasteiger partial charge in [0, 0.05) is 6.42 Å². The number of hydrogen-bond acceptors (Lipinski definition) is 18. The molecule has 3 aliphatic heterocycles. The predicted octanol–water partition coefficient (Wildman–Crippen LogP) is 12.7. The fourth-order valence-electron chi connectivity index (χ4n) is 13.6. The molecule has 0 saturated carbocycles. The number of nitrogens with one attached hydrogen (secondary N) is 1. The zero-order valence-electron chi connectivity index (χ0n) is 60.8. The number of carbonyl (C=O) groups is 1. The normalized spacial score (nSPS) is 27.0. The van der Waals surface area contributed by atoms with E-state index in [4.69, 9.17) is 28.4 Å². The van der Waals surface area contributed by atoms with Gasteiger partial charge in [-0.25, -0.2) is 0 Å². The largest absolute Gasteiger partial charge is 0.394 e. The van der Waals surface area contributed by atoms with E-state index in [1.165, 1.54) is 231 Å². The lowest BCUT2D eigenvalue weighted by Crippen LogP contribution is -2.66. The first-order valence-electron chi connectivity index (χ1n) is 39.7. The molecule has 0 aromatic heterocycles. The molecular formula is C78H145NO18. The summed E-state index contributed by atoms with van der Waals surface area (Å²) in [7, 11) is 0. The Morgan fingerprint density at radius 3 is 1.06 bits per heavy atom. The molecule has 3 fully saturated rings. The minimum absolute atomic E-state index is 0.238. The number of hydrogen-bond donors (Lipinski definition) is 12. The van der Waals surface area contributed by atoms with Crippen LogP contribution in [-0.2, 0) is 33.2 Å². The molecule has 19 heteroatoms. The predicted molar refractivity (Wildman–Crippen MR) is 383 cm³/mol. The van der Waals surface area contributed by atoms with Gasteiger partial charge in [-0.3, -0.25) is 4.79 Å². The highest BCUT2D eigenvalue weighted by molar-refractivity contribution is 5.76. The standard InChI is InChI=1S/C78H145NO18/c1-3-5-7-9-11-13-15-16-17-18-19-20-21-22-23-24-25-26-27-28-29-30-31-32-33-34-35-36-37-38-39-40-41-42-43-44-46-48-50-52-54-56-66(84)79-61(62(83)55-53-51-49-47-45-14-12-10-8-6-4-2)60-92-76-72(90)69(87)74(64(58-81)94-76)97-78-73(91)70(88)75(65(59-82)95-78)96-77-71(89)68(86)67(85)63(57-80)93-77/h15-16,18-19,21-22,61-65,67-78,80-83,85-91H,3-14,17,20,23-60H2,1-2H3,(H,79,84)/b16-15-,19-18-,22-21-. The van der Waals surface area contributed by atoms with Gasteiger partial charge >= 0.3 is 0 Å². The third-order valence-corrected chi connectivity index (χ3v) is 20.0. The van der Waals surface area contributed by atoms with E-state index in [0.717, 1.165) is 57.8 Å². The Labute approximate surface area is 587 Å². The lowest BCUT2D eigenvalue weighted by molar-refractivity contribution is -0.379. The zero-order chi connectivity index (χ0) is 70.4. The van der Waals surface area contributed by atoms with Crippen molar-refractivity contribution in [1.82, 2.24) is 5.32 Å². The van der Waals surface area contributed by atoms with Crippen LogP contribution in [0.3, 0.4) is 0 Å². The molecule has 97 heavy (non-hydrogen) atoms. The smallest absolute Gasteiger partial charge is 0.220 e. The number of unbranched alkanes of at least 4 members (excludes halogenated alkanes) is 41. The molecular weight excluding hydrogens is 1240 g/mol. The van der Waals surface area contributed by atoms with E-state index in [1.54, 1.807) is 0 Å². The summed E-state index contributed by atoms with van der Waals surface area (Å²) in [6.07, 6.45) is 45.7. The van der Waals surface area contributed by atoms with Crippen LogP contribution in [0.25, 0.3) is 0 Å². The van der Waals surface area contributed by atoms with Crippen LogP contribution < -0.4 is 5.32 Å². The number of amides is 1. The zero-order valence-corrected chi connectivity index (χ0v) is 60.8. The second-order valence-electron chi connectivity index (χ2n) is 28.5. The molecule has 1 amide bonds. The highest BCUT2D eigenvalue weighted by Gasteiger charge is 2.54. The highest BCUT2D eigenvalue weighted by Crippen LogP contribution is 2.33. The molecule has 19 nitrogen and oxygen atoms in total. The van der Waals surface area contributed by atoms with Gasteiger partial charge in [0.15, 0.2) is 18.9 Å². The van der Waals surface area contributed by atoms with Gasteiger partial charge in [-0.05, 0) is 51.4 Å². The molecule has 3 rings (SSSR count). The van der Waals surface area contributed by atoms with Gasteiger partial charge in [0.2, 0.25) is 5.91 Å². The molecule has 3 saturated heterocycles. The Hall–Kier alpha value is -1.99. The van der Waals surface area contributed by atoms with Gasteiger partial charge in [0.25, 0.3) is 0 Å². The third kappa shape index (κ3) is 40.0. The van der Waals surface area contributed by atoms with Gasteiger partial charge in [0.05, 0.1) is 38.6 Å². The molecule has 0 spiro atoms. The Morgan fingerprint density at radius 1 is 0.371 bits per heavy atom. The Kier molecular flexibility index (Phi) is 54.6. The lowest BCUT2D eigenvalue weighted by Gasteiger charge is -2.48. The summed E-state index contributed by atoms with van der Waals surface area (Å²) in [6, 6.07) is -0.883. The summed E-state index contributed by atoms with van der Waals surface area (Å²) in [5.41, 5.74) is 0. The number of carbonyl (C=O) groups excluding carboxylic acids is 1. The second-order valence-corrected chi connectivity index (χ2v) is 28.5. The first-order valence-corrected chi connectivity index (χ1v) is 39.7. The average molecular weight is 1390 g/mol. The molecule has 570 valence electrons. The summed E-state index contributed by atoms with van der Waals surface area (Å²) < 4.78 is 34.4. The monoisotopic (exact) mass is 1380 g/mol. The second kappa shape index (κ2) is 59.4. The van der Waals surface area contributed by atoms with Crippen LogP contribution in [0.2, 0.25) is 0 Å². The molecule has 3 heterocycles. The summed E-state index contributed by atoms with van der Waals surface area (Å²) in [5, 5.41) is 121. The van der Waals surface area contributed by atoms with Gasteiger partial charge in [-0.1, -0.05) is 301 Å². The molecule has 12 N–H and O–H groups in total. The number of aliphatic hydroxyl groups is 11. The number of aliphatic hydroxyl groups excluding tert-OH is 11. The summed E-state index contributed by atoms with van der Waals surface area (Å²) in [6.45, 7) is 1.79. The van der Waals surface area contributed by atoms with Crippen LogP contribution in [0.1, 0.15) is 322 Å². The van der Waals surface area contributed by atoms with Gasteiger partial charge < -0.3 is 89.9 Å². The van der Waals surface area contributed by atoms with E-state index in [0.29, 0.717) is 12.8 Å². The Bertz CT molecular complexity index is 1900. The number of ether oxygens (including phenoxy) is 6. The fourth-order valence-corrected chi connectivity index (χ4v) is 13.6. The van der Waals surface area contributed by atoms with E-state index in [2.05, 4.69) is 55.6 Å². The third-order valence-electron chi connectivity index (χ3n) is 20.0. The van der Waals surface area contributed by atoms with Crippen molar-refractivity contribution < 1.29 is 89.4 Å². The Morgan fingerprint density at radius 2 is 0.680 bits per heavy atom. The van der Waals surface area contributed by atoms with Gasteiger partial charge in [-0.2, -0.15) is 0 Å². The lowest BCUT2D eigenvalue weighted by atomic mass is 9.96. The average Bonchev–Trinajstić information content (AvgIpc) is 0.790. The molecule has 17 atom stereocenters. The summed E-state index contributed by atoms with van der Waals surface area (Å²) in [4.78, 5) is 13.4. The highest BCUT2D eigenvalue weighted by atomic mass is 16.8. The van der Waals surface area contributed by atoms with Crippen LogP contribution in [0.4, 0.5) is 0 Å². The van der Waals surface area contributed by atoms with Crippen molar-refractivity contribution in [1.29, 1.82) is 0 Å². The summed E-state index contributed by atoms with van der Waals surface area (Å²) in [5.74, 6) is -0.238.